The maximum atomic E-state index is 11.4. The third-order valence-electron chi connectivity index (χ3n) is 4.31. The van der Waals surface area contributed by atoms with E-state index in [1.165, 1.54) is 19.4 Å². The Bertz CT molecular complexity index is 313. The molecule has 19 heavy (non-hydrogen) atoms. The molecule has 4 heteroatoms. The summed E-state index contributed by atoms with van der Waals surface area (Å²) < 4.78 is 0. The number of nitrogens with one attached hydrogen (secondary N) is 1. The van der Waals surface area contributed by atoms with Gasteiger partial charge in [-0.25, -0.2) is 0 Å². The van der Waals surface area contributed by atoms with Crippen molar-refractivity contribution in [1.82, 2.24) is 10.2 Å². The fourth-order valence-corrected chi connectivity index (χ4v) is 2.61. The molecule has 2 aliphatic carbocycles. The lowest BCUT2D eigenvalue weighted by Gasteiger charge is -2.27. The quantitative estimate of drug-likeness (QED) is 0.596. The van der Waals surface area contributed by atoms with Gasteiger partial charge in [-0.1, -0.05) is 0 Å². The van der Waals surface area contributed by atoms with Crippen LogP contribution in [0, 0.1) is 5.92 Å². The molecule has 2 fully saturated rings. The number of aliphatic carboxylic acids is 1. The molecule has 0 spiro atoms. The first kappa shape index (κ1) is 14.8. The predicted octanol–water partition coefficient (Wildman–Crippen LogP) is 2.09. The zero-order valence-corrected chi connectivity index (χ0v) is 12.3. The summed E-state index contributed by atoms with van der Waals surface area (Å²) >= 11 is 0. The van der Waals surface area contributed by atoms with Crippen LogP contribution in [0.4, 0.5) is 0 Å². The summed E-state index contributed by atoms with van der Waals surface area (Å²) in [7, 11) is 2.18. The van der Waals surface area contributed by atoms with Crippen LogP contribution >= 0.6 is 0 Å². The number of unbranched alkanes of at least 4 members (excludes halogenated alkanes) is 1. The molecule has 2 rings (SSSR count). The second kappa shape index (κ2) is 6.23. The van der Waals surface area contributed by atoms with Gasteiger partial charge in [-0.3, -0.25) is 10.1 Å². The average Bonchev–Trinajstić information content (AvgIpc) is 3.21. The van der Waals surface area contributed by atoms with Crippen LogP contribution in [0.25, 0.3) is 0 Å². The molecule has 0 heterocycles. The van der Waals surface area contributed by atoms with Crippen molar-refractivity contribution in [2.45, 2.75) is 63.5 Å². The predicted molar refractivity (Wildman–Crippen MR) is 76.3 cm³/mol. The minimum absolute atomic E-state index is 0.443. The van der Waals surface area contributed by atoms with Gasteiger partial charge in [0.15, 0.2) is 0 Å². The molecule has 0 aromatic carbocycles. The van der Waals surface area contributed by atoms with E-state index in [0.717, 1.165) is 44.6 Å². The average molecular weight is 268 g/mol. The largest absolute Gasteiger partial charge is 0.480 e. The maximum absolute atomic E-state index is 11.4. The highest BCUT2D eigenvalue weighted by Gasteiger charge is 2.37. The van der Waals surface area contributed by atoms with E-state index in [0.29, 0.717) is 6.04 Å². The number of carboxylic acid groups (broad SMARTS) is 1. The van der Waals surface area contributed by atoms with Gasteiger partial charge in [0.2, 0.25) is 0 Å². The first-order valence-electron chi connectivity index (χ1n) is 7.69. The zero-order chi connectivity index (χ0) is 13.9. The molecular weight excluding hydrogens is 240 g/mol. The molecule has 4 nitrogen and oxygen atoms in total. The van der Waals surface area contributed by atoms with Gasteiger partial charge in [-0.2, -0.15) is 0 Å². The van der Waals surface area contributed by atoms with Crippen molar-refractivity contribution in [1.29, 1.82) is 0 Å². The summed E-state index contributed by atoms with van der Waals surface area (Å²) in [5.74, 6) is 0.233. The van der Waals surface area contributed by atoms with Crippen LogP contribution in [0.1, 0.15) is 51.9 Å². The first-order chi connectivity index (χ1) is 8.99. The second-order valence-electron chi connectivity index (χ2n) is 6.72. The van der Waals surface area contributed by atoms with E-state index in [-0.39, 0.29) is 0 Å². The van der Waals surface area contributed by atoms with E-state index in [1.807, 2.05) is 6.92 Å². The normalized spacial score (nSPS) is 22.5. The molecule has 0 aromatic rings. The lowest BCUT2D eigenvalue weighted by molar-refractivity contribution is -0.144. The summed E-state index contributed by atoms with van der Waals surface area (Å²) in [5, 5.41) is 12.7. The van der Waals surface area contributed by atoms with E-state index in [1.54, 1.807) is 0 Å². The lowest BCUT2D eigenvalue weighted by atomic mass is 9.94. The first-order valence-corrected chi connectivity index (χ1v) is 7.69. The number of nitrogens with zero attached hydrogens (tertiary/aromatic N) is 1. The van der Waals surface area contributed by atoms with Gasteiger partial charge in [-0.05, 0) is 71.4 Å². The van der Waals surface area contributed by atoms with E-state index >= 15 is 0 Å². The SMILES string of the molecule is CN(CCCCC(C)(NC1CC1)C(=O)O)CC1CC1. The molecule has 1 unspecified atom stereocenters. The highest BCUT2D eigenvalue weighted by atomic mass is 16.4. The van der Waals surface area contributed by atoms with Gasteiger partial charge in [-0.15, -0.1) is 0 Å². The van der Waals surface area contributed by atoms with Crippen LogP contribution in [-0.2, 0) is 4.79 Å². The van der Waals surface area contributed by atoms with E-state index < -0.39 is 11.5 Å². The van der Waals surface area contributed by atoms with Crippen LogP contribution in [0.5, 0.6) is 0 Å². The van der Waals surface area contributed by atoms with Gasteiger partial charge < -0.3 is 10.0 Å². The van der Waals surface area contributed by atoms with Gasteiger partial charge >= 0.3 is 5.97 Å². The highest BCUT2D eigenvalue weighted by Crippen LogP contribution is 2.29. The third kappa shape index (κ3) is 5.11. The molecule has 1 atom stereocenters. The van der Waals surface area contributed by atoms with Crippen LogP contribution in [0.15, 0.2) is 0 Å². The Morgan fingerprint density at radius 1 is 1.32 bits per heavy atom. The van der Waals surface area contributed by atoms with Crippen LogP contribution in [0.2, 0.25) is 0 Å². The van der Waals surface area contributed by atoms with Gasteiger partial charge in [0.05, 0.1) is 0 Å². The summed E-state index contributed by atoms with van der Waals surface area (Å²) in [6, 6.07) is 0.443. The smallest absolute Gasteiger partial charge is 0.323 e. The van der Waals surface area contributed by atoms with Gasteiger partial charge in [0, 0.05) is 12.6 Å². The number of rotatable bonds is 10. The second-order valence-corrected chi connectivity index (χ2v) is 6.72. The maximum Gasteiger partial charge on any atom is 0.323 e. The van der Waals surface area contributed by atoms with Crippen LogP contribution in [-0.4, -0.2) is 47.7 Å². The van der Waals surface area contributed by atoms with Crippen LogP contribution in [0.3, 0.4) is 0 Å². The fourth-order valence-electron chi connectivity index (χ4n) is 2.61. The standard InChI is InChI=1S/C15H28N2O2/c1-15(14(18)19,16-13-7-8-13)9-3-4-10-17(2)11-12-5-6-12/h12-13,16H,3-11H2,1-2H3,(H,18,19). The summed E-state index contributed by atoms with van der Waals surface area (Å²) in [4.78, 5) is 13.8. The Kier molecular flexibility index (Phi) is 4.85. The summed E-state index contributed by atoms with van der Waals surface area (Å²) in [6.07, 6.45) is 7.87. The monoisotopic (exact) mass is 268 g/mol. The number of hydrogen-bond acceptors (Lipinski definition) is 3. The molecule has 0 aromatic heterocycles. The lowest BCUT2D eigenvalue weighted by Crippen LogP contribution is -2.50. The van der Waals surface area contributed by atoms with Gasteiger partial charge in [0.25, 0.3) is 0 Å². The van der Waals surface area contributed by atoms with Crippen LogP contribution < -0.4 is 5.32 Å². The van der Waals surface area contributed by atoms with E-state index in [2.05, 4.69) is 17.3 Å². The van der Waals surface area contributed by atoms with Crippen molar-refractivity contribution in [3.05, 3.63) is 0 Å². The Morgan fingerprint density at radius 3 is 2.53 bits per heavy atom. The number of hydrogen-bond donors (Lipinski definition) is 2. The molecule has 2 saturated carbocycles. The van der Waals surface area contributed by atoms with Crippen molar-refractivity contribution >= 4 is 5.97 Å². The van der Waals surface area contributed by atoms with Gasteiger partial charge in [0.1, 0.15) is 5.54 Å². The third-order valence-corrected chi connectivity index (χ3v) is 4.31. The Balaban J connectivity index is 1.62. The minimum atomic E-state index is -0.726. The molecular formula is C15H28N2O2. The van der Waals surface area contributed by atoms with E-state index in [9.17, 15) is 9.90 Å². The molecule has 0 saturated heterocycles. The van der Waals surface area contributed by atoms with Crippen molar-refractivity contribution in [3.63, 3.8) is 0 Å². The topological polar surface area (TPSA) is 52.6 Å². The zero-order valence-electron chi connectivity index (χ0n) is 12.3. The molecule has 0 aliphatic heterocycles. The Hall–Kier alpha value is -0.610. The molecule has 110 valence electrons. The molecule has 0 radical (unpaired) electrons. The molecule has 0 bridgehead atoms. The highest BCUT2D eigenvalue weighted by molar-refractivity contribution is 5.78. The summed E-state index contributed by atoms with van der Waals surface area (Å²) in [6.45, 7) is 4.15. The van der Waals surface area contributed by atoms with Crippen molar-refractivity contribution in [3.8, 4) is 0 Å². The number of carboxylic acids is 1. The minimum Gasteiger partial charge on any atom is -0.480 e. The van der Waals surface area contributed by atoms with E-state index in [4.69, 9.17) is 0 Å². The molecule has 2 N–H and O–H groups in total. The summed E-state index contributed by atoms with van der Waals surface area (Å²) in [5.41, 5.74) is -0.726. The van der Waals surface area contributed by atoms with Crippen molar-refractivity contribution in [2.75, 3.05) is 20.1 Å². The Morgan fingerprint density at radius 2 is 2.00 bits per heavy atom. The molecule has 2 aliphatic rings. The van der Waals surface area contributed by atoms with Crippen molar-refractivity contribution in [2.24, 2.45) is 5.92 Å². The Labute approximate surface area is 116 Å². The number of carbonyl (C=O) groups is 1. The molecule has 0 amide bonds. The van der Waals surface area contributed by atoms with Crippen molar-refractivity contribution < 1.29 is 9.90 Å². The fraction of sp³-hybridized carbons (Fsp3) is 0.933.